The number of hydrogen-bond donors (Lipinski definition) is 3. The van der Waals surface area contributed by atoms with E-state index < -0.39 is 11.8 Å². The fourth-order valence-electron chi connectivity index (χ4n) is 7.67. The summed E-state index contributed by atoms with van der Waals surface area (Å²) in [7, 11) is 3.35. The highest BCUT2D eigenvalue weighted by Gasteiger charge is 2.27. The Balaban J connectivity index is 0.000000153. The minimum absolute atomic E-state index is 0.116. The summed E-state index contributed by atoms with van der Waals surface area (Å²) in [5, 5.41) is 36.1. The van der Waals surface area contributed by atoms with Gasteiger partial charge in [0.15, 0.2) is 6.08 Å². The third-order valence-electron chi connectivity index (χ3n) is 11.1. The van der Waals surface area contributed by atoms with E-state index >= 15 is 0 Å². The lowest BCUT2D eigenvalue weighted by molar-refractivity contribution is -0.385. The summed E-state index contributed by atoms with van der Waals surface area (Å²) in [5.41, 5.74) is 12.1. The van der Waals surface area contributed by atoms with Crippen molar-refractivity contribution in [2.24, 2.45) is 0 Å². The lowest BCUT2D eigenvalue weighted by Gasteiger charge is -2.27. The third kappa shape index (κ3) is 12.9. The molecule has 0 unspecified atom stereocenters. The molecule has 2 heterocycles. The number of nitrogen functional groups attached to an aromatic ring is 1. The average molecular weight is 909 g/mol. The number of aliphatic hydroxyl groups is 1. The van der Waals surface area contributed by atoms with Gasteiger partial charge in [0.1, 0.15) is 17.7 Å². The topological polar surface area (TPSA) is 149 Å². The molecule has 8 aromatic rings. The lowest BCUT2D eigenvalue weighted by Crippen LogP contribution is -2.26. The molecule has 0 bridgehead atoms. The molecule has 1 aliphatic heterocycles. The van der Waals surface area contributed by atoms with Crippen molar-refractivity contribution in [2.45, 2.75) is 32.2 Å². The summed E-state index contributed by atoms with van der Waals surface area (Å²) in [5.74, 6) is 3.63. The molecule has 67 heavy (non-hydrogen) atoms. The summed E-state index contributed by atoms with van der Waals surface area (Å²) in [4.78, 5) is 10.1. The number of rotatable bonds is 13. The molecule has 0 spiro atoms. The van der Waals surface area contributed by atoms with Crippen LogP contribution in [0.3, 0.4) is 0 Å². The summed E-state index contributed by atoms with van der Waals surface area (Å²) in [6.07, 6.45) is 10.3. The highest BCUT2D eigenvalue weighted by atomic mass is 31.2. The van der Waals surface area contributed by atoms with Crippen molar-refractivity contribution in [3.05, 3.63) is 221 Å². The number of fused-ring (bicyclic) bond motifs is 2. The van der Waals surface area contributed by atoms with Gasteiger partial charge in [-0.15, -0.1) is 0 Å². The number of nitriles is 1. The van der Waals surface area contributed by atoms with Crippen LogP contribution >= 0.6 is 6.89 Å². The number of ether oxygens (including phenoxy) is 2. The van der Waals surface area contributed by atoms with Crippen LogP contribution in [0.2, 0.25) is 0 Å². The zero-order valence-electron chi connectivity index (χ0n) is 37.7. The Hall–Kier alpha value is -7.92. The molecule has 0 radical (unpaired) electrons. The van der Waals surface area contributed by atoms with Crippen LogP contribution < -0.4 is 36.4 Å². The van der Waals surface area contributed by atoms with Crippen molar-refractivity contribution in [1.29, 1.82) is 5.26 Å². The van der Waals surface area contributed by atoms with E-state index in [1.54, 1.807) is 32.4 Å². The predicted molar refractivity (Wildman–Crippen MR) is 277 cm³/mol. The zero-order chi connectivity index (χ0) is 47.3. The van der Waals surface area contributed by atoms with E-state index in [1.807, 2.05) is 109 Å². The Kier molecular flexibility index (Phi) is 18.1. The van der Waals surface area contributed by atoms with E-state index in [1.165, 1.54) is 38.6 Å². The number of nitrogens with zero attached hydrogens (tertiary/aromatic N) is 3. The molecule has 0 saturated heterocycles. The first kappa shape index (κ1) is 48.5. The average Bonchev–Trinajstić information content (AvgIpc) is 4.05. The molecular formula is C56H55N5O5P+. The SMILES string of the molecule is COc1ccc(CCCO)cc1.COc1ccc(CCCn2ccc3c(N)cccc32)cc1.N#CC=P(c1ccccc1)(c1ccccc1)c1ccccc1.O=[N+]([O-])c1cccc2c1C=[C+]N2. The Morgan fingerprint density at radius 2 is 1.24 bits per heavy atom. The second-order valence-corrected chi connectivity index (χ2v) is 18.6. The number of aromatic nitrogens is 1. The summed E-state index contributed by atoms with van der Waals surface area (Å²) in [6.45, 7) is -0.784. The number of benzene rings is 7. The zero-order valence-corrected chi connectivity index (χ0v) is 38.6. The Morgan fingerprint density at radius 3 is 1.73 bits per heavy atom. The molecule has 0 aliphatic carbocycles. The molecule has 7 aromatic carbocycles. The molecule has 1 aromatic heterocycles. The maximum Gasteiger partial charge on any atom is 0.344 e. The Labute approximate surface area is 393 Å². The largest absolute Gasteiger partial charge is 0.497 e. The van der Waals surface area contributed by atoms with Crippen LogP contribution in [0.1, 0.15) is 29.5 Å². The van der Waals surface area contributed by atoms with Crippen LogP contribution in [0.5, 0.6) is 11.5 Å². The van der Waals surface area contributed by atoms with Crippen molar-refractivity contribution >= 4 is 62.6 Å². The molecule has 0 amide bonds. The van der Waals surface area contributed by atoms with E-state index in [4.69, 9.17) is 20.3 Å². The normalized spacial score (nSPS) is 10.8. The fourth-order valence-corrected chi connectivity index (χ4v) is 11.1. The number of nitro benzene ring substituents is 1. The summed E-state index contributed by atoms with van der Waals surface area (Å²) in [6, 6.07) is 62.7. The number of hydrogen-bond acceptors (Lipinski definition) is 8. The van der Waals surface area contributed by atoms with Gasteiger partial charge in [-0.2, -0.15) is 10.6 Å². The number of nitrogens with two attached hydrogens (primary N) is 1. The molecule has 11 heteroatoms. The molecule has 9 rings (SSSR count). The first-order valence-corrected chi connectivity index (χ1v) is 23.8. The van der Waals surface area contributed by atoms with Gasteiger partial charge in [-0.25, -0.2) is 0 Å². The predicted octanol–water partition coefficient (Wildman–Crippen LogP) is 10.6. The van der Waals surface area contributed by atoms with Crippen molar-refractivity contribution in [3.8, 4) is 17.6 Å². The molecule has 1 aliphatic rings. The summed E-state index contributed by atoms with van der Waals surface area (Å²) >= 11 is 0. The Bertz CT molecular complexity index is 2810. The van der Waals surface area contributed by atoms with Crippen LogP contribution in [0, 0.1) is 27.6 Å². The van der Waals surface area contributed by atoms with E-state index in [0.29, 0.717) is 5.56 Å². The van der Waals surface area contributed by atoms with Crippen LogP contribution in [0.4, 0.5) is 17.1 Å². The van der Waals surface area contributed by atoms with Crippen LogP contribution in [0.25, 0.3) is 17.0 Å². The van der Waals surface area contributed by atoms with Gasteiger partial charge in [-0.3, -0.25) is 10.1 Å². The van der Waals surface area contributed by atoms with E-state index in [9.17, 15) is 15.4 Å². The number of nitro groups is 1. The van der Waals surface area contributed by atoms with Gasteiger partial charge in [-0.1, -0.05) is 121 Å². The van der Waals surface area contributed by atoms with Gasteiger partial charge in [0.25, 0.3) is 0 Å². The molecule has 10 nitrogen and oxygen atoms in total. The second kappa shape index (κ2) is 25.0. The lowest BCUT2D eigenvalue weighted by atomic mass is 10.1. The number of aliphatic hydroxyl groups excluding tert-OH is 1. The molecule has 338 valence electrons. The molecule has 0 saturated carbocycles. The molecular weight excluding hydrogens is 854 g/mol. The number of anilines is 2. The highest BCUT2D eigenvalue weighted by Crippen LogP contribution is 2.43. The standard InChI is InChI=1S/C20H16NP.C18H20N2O.C10H14O2.C8H5N2O2/c21-16-17-22(18-10-4-1-5-11-18,19-12-6-2-7-13-19)20-14-8-3-9-15-20;1-21-15-9-7-14(8-10-15)4-3-12-20-13-11-16-17(19)5-2-6-18(16)20;1-12-10-6-4-9(5-7-10)3-2-8-11;11-10(12)8-3-1-2-7-6(8)4-5-9-7/h1-15,17H;2,5-11,13H,3-4,12,19H2,1H3;4-7,11H,2-3,8H2,1H3;1-4,9H/q;;;+1. The van der Waals surface area contributed by atoms with Crippen molar-refractivity contribution in [2.75, 3.05) is 31.9 Å². The van der Waals surface area contributed by atoms with E-state index in [0.717, 1.165) is 60.5 Å². The van der Waals surface area contributed by atoms with Crippen molar-refractivity contribution < 1.29 is 19.5 Å². The highest BCUT2D eigenvalue weighted by molar-refractivity contribution is 7.94. The molecule has 0 atom stereocenters. The number of aryl methyl sites for hydroxylation is 3. The van der Waals surface area contributed by atoms with Gasteiger partial charge in [0.05, 0.1) is 30.7 Å². The fraction of sp³-hybridized carbons (Fsp3) is 0.143. The number of methoxy groups -OCH3 is 2. The van der Waals surface area contributed by atoms with Crippen LogP contribution in [0.15, 0.2) is 188 Å². The maximum atomic E-state index is 10.5. The first-order chi connectivity index (χ1) is 32.8. The van der Waals surface area contributed by atoms with Crippen molar-refractivity contribution in [1.82, 2.24) is 4.57 Å². The van der Waals surface area contributed by atoms with Crippen LogP contribution in [-0.2, 0) is 19.4 Å². The third-order valence-corrected chi connectivity index (χ3v) is 14.9. The minimum atomic E-state index is -2.04. The monoisotopic (exact) mass is 908 g/mol. The van der Waals surface area contributed by atoms with Gasteiger partial charge in [-0.05, 0) is 108 Å². The molecule has 0 fully saturated rings. The van der Waals surface area contributed by atoms with Gasteiger partial charge in [0, 0.05) is 48.4 Å². The summed E-state index contributed by atoms with van der Waals surface area (Å²) < 4.78 is 12.5. The smallest absolute Gasteiger partial charge is 0.344 e. The quantitative estimate of drug-likeness (QED) is 0.0340. The van der Waals surface area contributed by atoms with Gasteiger partial charge in [0.2, 0.25) is 11.3 Å². The van der Waals surface area contributed by atoms with Crippen molar-refractivity contribution in [3.63, 3.8) is 0 Å². The first-order valence-electron chi connectivity index (χ1n) is 21.9. The number of nitrogens with one attached hydrogen (secondary N) is 1. The van der Waals surface area contributed by atoms with Gasteiger partial charge < -0.3 is 24.9 Å². The molecule has 4 N–H and O–H groups in total. The van der Waals surface area contributed by atoms with Gasteiger partial charge >= 0.3 is 5.69 Å². The van der Waals surface area contributed by atoms with E-state index in [2.05, 4.69) is 89.0 Å². The van der Waals surface area contributed by atoms with E-state index in [-0.39, 0.29) is 12.3 Å². The van der Waals surface area contributed by atoms with Crippen LogP contribution in [-0.4, -0.2) is 41.2 Å². The minimum Gasteiger partial charge on any atom is -0.497 e. The Morgan fingerprint density at radius 1 is 0.716 bits per heavy atom. The maximum absolute atomic E-state index is 10.5. The second-order valence-electron chi connectivity index (χ2n) is 15.3.